The Labute approximate surface area is 217 Å². The van der Waals surface area contributed by atoms with Crippen LogP contribution in [0.4, 0.5) is 5.95 Å². The van der Waals surface area contributed by atoms with Gasteiger partial charge in [-0.3, -0.25) is 14.5 Å². The first-order valence-electron chi connectivity index (χ1n) is 11.8. The van der Waals surface area contributed by atoms with Gasteiger partial charge < -0.3 is 29.0 Å². The van der Waals surface area contributed by atoms with Crippen LogP contribution in [0.5, 0.6) is 23.0 Å². The molecule has 2 N–H and O–H groups in total. The number of methoxy groups -OCH3 is 2. The molecule has 10 nitrogen and oxygen atoms in total. The number of ketones is 1. The van der Waals surface area contributed by atoms with Crippen molar-refractivity contribution in [3.8, 4) is 23.0 Å². The molecule has 1 amide bonds. The summed E-state index contributed by atoms with van der Waals surface area (Å²) in [6.07, 6.45) is 0. The van der Waals surface area contributed by atoms with Crippen LogP contribution in [-0.2, 0) is 9.59 Å². The van der Waals surface area contributed by atoms with Crippen molar-refractivity contribution in [2.45, 2.75) is 13.0 Å². The average molecular weight is 514 g/mol. The Morgan fingerprint density at radius 3 is 2.55 bits per heavy atom. The molecule has 2 aliphatic rings. The van der Waals surface area contributed by atoms with Crippen molar-refractivity contribution in [1.29, 1.82) is 0 Å². The van der Waals surface area contributed by atoms with E-state index in [0.717, 1.165) is 5.56 Å². The van der Waals surface area contributed by atoms with Crippen LogP contribution >= 0.6 is 0 Å². The lowest BCUT2D eigenvalue weighted by Gasteiger charge is -2.23. The summed E-state index contributed by atoms with van der Waals surface area (Å²) in [5.74, 6) is 0.0946. The molecule has 0 radical (unpaired) electrons. The number of aryl methyl sites for hydroxylation is 1. The lowest BCUT2D eigenvalue weighted by molar-refractivity contribution is -0.132. The first kappa shape index (κ1) is 23.4. The number of hydrogen-bond acceptors (Lipinski definition) is 8. The summed E-state index contributed by atoms with van der Waals surface area (Å²) in [4.78, 5) is 36.0. The van der Waals surface area contributed by atoms with Crippen molar-refractivity contribution in [1.82, 2.24) is 9.97 Å². The lowest BCUT2D eigenvalue weighted by Crippen LogP contribution is -2.30. The Morgan fingerprint density at radius 1 is 1.03 bits per heavy atom. The van der Waals surface area contributed by atoms with Gasteiger partial charge in [0.15, 0.2) is 23.0 Å². The van der Waals surface area contributed by atoms with Gasteiger partial charge in [-0.1, -0.05) is 29.8 Å². The molecule has 0 spiro atoms. The Kier molecular flexibility index (Phi) is 5.45. The second-order valence-corrected chi connectivity index (χ2v) is 8.94. The average Bonchev–Trinajstić information content (AvgIpc) is 3.62. The van der Waals surface area contributed by atoms with Gasteiger partial charge in [-0.2, -0.15) is 0 Å². The van der Waals surface area contributed by atoms with Crippen molar-refractivity contribution in [2.75, 3.05) is 25.9 Å². The maximum Gasteiger partial charge on any atom is 0.302 e. The molecule has 1 unspecified atom stereocenters. The van der Waals surface area contributed by atoms with Crippen molar-refractivity contribution in [2.24, 2.45) is 0 Å². The predicted molar refractivity (Wildman–Crippen MR) is 138 cm³/mol. The van der Waals surface area contributed by atoms with Gasteiger partial charge in [0.2, 0.25) is 12.7 Å². The smallest absolute Gasteiger partial charge is 0.302 e. The fraction of sp³-hybridized carbons (Fsp3) is 0.179. The summed E-state index contributed by atoms with van der Waals surface area (Å²) >= 11 is 0. The van der Waals surface area contributed by atoms with Crippen molar-refractivity contribution >= 4 is 34.4 Å². The van der Waals surface area contributed by atoms with Crippen molar-refractivity contribution in [3.05, 3.63) is 76.9 Å². The molecule has 192 valence electrons. The number of aromatic amines is 1. The second kappa shape index (κ2) is 8.84. The first-order chi connectivity index (χ1) is 18.4. The van der Waals surface area contributed by atoms with Gasteiger partial charge in [0, 0.05) is 17.7 Å². The number of benzene rings is 3. The molecule has 1 saturated heterocycles. The zero-order valence-electron chi connectivity index (χ0n) is 20.8. The van der Waals surface area contributed by atoms with Crippen LogP contribution in [0.1, 0.15) is 22.7 Å². The lowest BCUT2D eigenvalue weighted by atomic mass is 9.94. The number of carbonyl (C=O) groups excluding carboxylic acids is 2. The van der Waals surface area contributed by atoms with E-state index >= 15 is 0 Å². The summed E-state index contributed by atoms with van der Waals surface area (Å²) in [6.45, 7) is 1.97. The highest BCUT2D eigenvalue weighted by molar-refractivity contribution is 6.51. The molecule has 3 aromatic carbocycles. The zero-order valence-corrected chi connectivity index (χ0v) is 20.8. The van der Waals surface area contributed by atoms with E-state index in [1.807, 2.05) is 25.1 Å². The Hall–Kier alpha value is -4.99. The topological polar surface area (TPSA) is 123 Å². The summed E-state index contributed by atoms with van der Waals surface area (Å²) < 4.78 is 21.6. The minimum atomic E-state index is -0.940. The number of amides is 1. The quantitative estimate of drug-likeness (QED) is 0.231. The maximum absolute atomic E-state index is 13.5. The molecule has 38 heavy (non-hydrogen) atoms. The molecule has 1 atom stereocenters. The zero-order chi connectivity index (χ0) is 26.6. The molecule has 2 aliphatic heterocycles. The summed E-state index contributed by atoms with van der Waals surface area (Å²) in [7, 11) is 3.04. The summed E-state index contributed by atoms with van der Waals surface area (Å²) in [6, 6.07) is 14.7. The molecule has 4 aromatic rings. The van der Waals surface area contributed by atoms with Crippen LogP contribution in [0, 0.1) is 6.92 Å². The van der Waals surface area contributed by atoms with Crippen LogP contribution < -0.4 is 23.8 Å². The third-order valence-electron chi connectivity index (χ3n) is 6.65. The van der Waals surface area contributed by atoms with Gasteiger partial charge in [0.05, 0.1) is 36.9 Å². The molecule has 1 aromatic heterocycles. The monoisotopic (exact) mass is 513 g/mol. The van der Waals surface area contributed by atoms with E-state index in [1.165, 1.54) is 19.1 Å². The number of Topliss-reactive ketones (excluding diaryl/α,β-unsaturated/α-hetero) is 1. The van der Waals surface area contributed by atoms with Gasteiger partial charge >= 0.3 is 5.91 Å². The third kappa shape index (κ3) is 3.61. The number of ether oxygens (including phenoxy) is 4. The van der Waals surface area contributed by atoms with Gasteiger partial charge in [0.1, 0.15) is 5.76 Å². The number of nitrogens with one attached hydrogen (secondary N) is 1. The van der Waals surface area contributed by atoms with E-state index in [2.05, 4.69) is 9.97 Å². The molecule has 0 bridgehead atoms. The highest BCUT2D eigenvalue weighted by Crippen LogP contribution is 2.43. The van der Waals surface area contributed by atoms with E-state index in [0.29, 0.717) is 45.2 Å². The van der Waals surface area contributed by atoms with E-state index < -0.39 is 17.7 Å². The number of rotatable bonds is 5. The van der Waals surface area contributed by atoms with Crippen LogP contribution in [0.25, 0.3) is 16.8 Å². The van der Waals surface area contributed by atoms with E-state index in [4.69, 9.17) is 18.9 Å². The van der Waals surface area contributed by atoms with Crippen LogP contribution in [-0.4, -0.2) is 47.8 Å². The second-order valence-electron chi connectivity index (χ2n) is 8.94. The van der Waals surface area contributed by atoms with Crippen molar-refractivity contribution in [3.63, 3.8) is 0 Å². The normalized spacial score (nSPS) is 17.9. The fourth-order valence-corrected chi connectivity index (χ4v) is 4.84. The van der Waals surface area contributed by atoms with Crippen molar-refractivity contribution < 1.29 is 33.6 Å². The summed E-state index contributed by atoms with van der Waals surface area (Å²) in [5.41, 5.74) is 2.92. The molecular formula is C28H23N3O7. The molecule has 10 heteroatoms. The molecule has 0 saturated carbocycles. The number of anilines is 1. The standard InChI is InChI=1S/C28H23N3O7/c1-14-5-4-6-15(9-14)24-23(25(32)16-7-8-19-22(10-16)38-13-37-19)26(33)27(34)31(24)28-29-17-11-20(35-2)21(36-3)12-18(17)30-28/h4-12,24,32H,13H2,1-3H3,(H,29,30)/b25-23+. The van der Waals surface area contributed by atoms with Crippen LogP contribution in [0.15, 0.2) is 60.2 Å². The van der Waals surface area contributed by atoms with Gasteiger partial charge in [0.25, 0.3) is 5.78 Å². The van der Waals surface area contributed by atoms with Gasteiger partial charge in [-0.25, -0.2) is 4.98 Å². The first-order valence-corrected chi connectivity index (χ1v) is 11.8. The number of aromatic nitrogens is 2. The fourth-order valence-electron chi connectivity index (χ4n) is 4.84. The molecule has 1 fully saturated rings. The number of H-pyrrole nitrogens is 1. The van der Waals surface area contributed by atoms with Crippen LogP contribution in [0.3, 0.4) is 0 Å². The van der Waals surface area contributed by atoms with E-state index in [9.17, 15) is 14.7 Å². The largest absolute Gasteiger partial charge is 0.507 e. The summed E-state index contributed by atoms with van der Waals surface area (Å²) in [5, 5.41) is 11.4. The third-order valence-corrected chi connectivity index (χ3v) is 6.65. The Bertz CT molecular complexity index is 1610. The minimum Gasteiger partial charge on any atom is -0.507 e. The Balaban J connectivity index is 1.54. The predicted octanol–water partition coefficient (Wildman–Crippen LogP) is 4.24. The van der Waals surface area contributed by atoms with Crippen LogP contribution in [0.2, 0.25) is 0 Å². The highest BCUT2D eigenvalue weighted by Gasteiger charge is 2.48. The molecule has 6 rings (SSSR count). The molecular weight excluding hydrogens is 490 g/mol. The van der Waals surface area contributed by atoms with E-state index in [1.54, 1.807) is 36.4 Å². The SMILES string of the molecule is COc1cc2nc(N3C(=O)C(=O)/C(=C(/O)c4ccc5c(c4)OCO5)C3c3cccc(C)c3)[nH]c2cc1OC. The molecule has 0 aliphatic carbocycles. The number of aliphatic hydroxyl groups is 1. The number of nitrogens with zero attached hydrogens (tertiary/aromatic N) is 2. The van der Waals surface area contributed by atoms with Gasteiger partial charge in [-0.15, -0.1) is 0 Å². The highest BCUT2D eigenvalue weighted by atomic mass is 16.7. The number of imidazole rings is 1. The van der Waals surface area contributed by atoms with Gasteiger partial charge in [-0.05, 0) is 30.7 Å². The number of carbonyl (C=O) groups is 2. The minimum absolute atomic E-state index is 0.0601. The number of hydrogen-bond donors (Lipinski definition) is 2. The number of fused-ring (bicyclic) bond motifs is 2. The maximum atomic E-state index is 13.5. The number of aliphatic hydroxyl groups excluding tert-OH is 1. The Morgan fingerprint density at radius 2 is 1.79 bits per heavy atom. The molecule has 3 heterocycles. The van der Waals surface area contributed by atoms with E-state index in [-0.39, 0.29) is 24.1 Å².